The summed E-state index contributed by atoms with van der Waals surface area (Å²) in [5.74, 6) is 1.04. The van der Waals surface area contributed by atoms with Gasteiger partial charge in [0.1, 0.15) is 5.75 Å². The van der Waals surface area contributed by atoms with Crippen LogP contribution in [0.5, 0.6) is 5.75 Å². The average Bonchev–Trinajstić information content (AvgIpc) is 2.64. The highest BCUT2D eigenvalue weighted by Gasteiger charge is 2.21. The van der Waals surface area contributed by atoms with Crippen molar-refractivity contribution in [1.82, 2.24) is 5.32 Å². The van der Waals surface area contributed by atoms with Crippen LogP contribution in [0.1, 0.15) is 45.4 Å². The van der Waals surface area contributed by atoms with E-state index < -0.39 is 16.1 Å². The van der Waals surface area contributed by atoms with Crippen LogP contribution >= 0.6 is 0 Å². The Balaban J connectivity index is 1.90. The number of benzene rings is 1. The number of carbonyl (C=O) groups is 1. The van der Waals surface area contributed by atoms with Crippen LogP contribution < -0.4 is 14.4 Å². The van der Waals surface area contributed by atoms with Crippen LogP contribution in [0, 0.1) is 5.92 Å². The minimum atomic E-state index is -3.30. The first-order valence-electron chi connectivity index (χ1n) is 9.29. The van der Waals surface area contributed by atoms with Gasteiger partial charge in [0.05, 0.1) is 11.9 Å². The van der Waals surface area contributed by atoms with Gasteiger partial charge in [0.15, 0.2) is 6.10 Å². The molecular formula is C19H30N2O4S. The first-order valence-corrected chi connectivity index (χ1v) is 11.1. The second-order valence-corrected chi connectivity index (χ2v) is 9.00. The lowest BCUT2D eigenvalue weighted by Crippen LogP contribution is -2.40. The topological polar surface area (TPSA) is 75.7 Å². The number of amides is 1. The molecule has 0 bridgehead atoms. The van der Waals surface area contributed by atoms with Crippen LogP contribution in [-0.4, -0.2) is 40.3 Å². The van der Waals surface area contributed by atoms with Crippen molar-refractivity contribution in [3.05, 3.63) is 24.3 Å². The summed E-state index contributed by atoms with van der Waals surface area (Å²) >= 11 is 0. The molecule has 1 aliphatic carbocycles. The molecule has 0 saturated heterocycles. The van der Waals surface area contributed by atoms with Crippen LogP contribution in [0.25, 0.3) is 0 Å². The molecular weight excluding hydrogens is 352 g/mol. The standard InChI is InChI=1S/C19H30N2O4S/c1-4-18(19(22)20-14-15-8-6-5-7-9-15)25-17-12-10-16(11-13-17)21(2)26(3,23)24/h10-13,15,18H,4-9,14H2,1-3H3,(H,20,22). The maximum absolute atomic E-state index is 12.4. The summed E-state index contributed by atoms with van der Waals surface area (Å²) in [5, 5.41) is 3.02. The molecule has 0 heterocycles. The lowest BCUT2D eigenvalue weighted by Gasteiger charge is -2.23. The zero-order valence-electron chi connectivity index (χ0n) is 15.9. The van der Waals surface area contributed by atoms with Crippen molar-refractivity contribution in [2.45, 2.75) is 51.6 Å². The first kappa shape index (κ1) is 20.6. The number of carbonyl (C=O) groups excluding carboxylic acids is 1. The van der Waals surface area contributed by atoms with E-state index in [0.29, 0.717) is 23.8 Å². The normalized spacial score (nSPS) is 16.7. The molecule has 1 aromatic carbocycles. The summed E-state index contributed by atoms with van der Waals surface area (Å²) in [4.78, 5) is 12.4. The lowest BCUT2D eigenvalue weighted by atomic mass is 9.89. The lowest BCUT2D eigenvalue weighted by molar-refractivity contribution is -0.128. The summed E-state index contributed by atoms with van der Waals surface area (Å²) in [6.45, 7) is 2.63. The number of hydrogen-bond donors (Lipinski definition) is 1. The molecule has 26 heavy (non-hydrogen) atoms. The highest BCUT2D eigenvalue weighted by atomic mass is 32.2. The molecule has 1 atom stereocenters. The van der Waals surface area contributed by atoms with Crippen LogP contribution in [0.4, 0.5) is 5.69 Å². The predicted octanol–water partition coefficient (Wildman–Crippen LogP) is 2.94. The maximum atomic E-state index is 12.4. The Morgan fingerprint density at radius 1 is 1.23 bits per heavy atom. The fraction of sp³-hybridized carbons (Fsp3) is 0.632. The minimum absolute atomic E-state index is 0.0876. The maximum Gasteiger partial charge on any atom is 0.261 e. The molecule has 146 valence electrons. The van der Waals surface area contributed by atoms with E-state index >= 15 is 0 Å². The van der Waals surface area contributed by atoms with Crippen molar-refractivity contribution >= 4 is 21.6 Å². The van der Waals surface area contributed by atoms with Gasteiger partial charge < -0.3 is 10.1 Å². The molecule has 0 radical (unpaired) electrons. The third kappa shape index (κ3) is 5.90. The van der Waals surface area contributed by atoms with Crippen molar-refractivity contribution in [1.29, 1.82) is 0 Å². The zero-order valence-corrected chi connectivity index (χ0v) is 16.7. The largest absolute Gasteiger partial charge is 0.481 e. The quantitative estimate of drug-likeness (QED) is 0.750. The summed E-state index contributed by atoms with van der Waals surface area (Å²) in [5.41, 5.74) is 0.551. The molecule has 0 aromatic heterocycles. The molecule has 1 unspecified atom stereocenters. The van der Waals surface area contributed by atoms with Crippen LogP contribution in [0.3, 0.4) is 0 Å². The Morgan fingerprint density at radius 3 is 2.38 bits per heavy atom. The second-order valence-electron chi connectivity index (χ2n) is 6.99. The predicted molar refractivity (Wildman–Crippen MR) is 104 cm³/mol. The van der Waals surface area contributed by atoms with E-state index in [1.54, 1.807) is 24.3 Å². The van der Waals surface area contributed by atoms with Gasteiger partial charge in [0.2, 0.25) is 10.0 Å². The fourth-order valence-electron chi connectivity index (χ4n) is 3.16. The molecule has 1 N–H and O–H groups in total. The van der Waals surface area contributed by atoms with Gasteiger partial charge in [0.25, 0.3) is 5.91 Å². The highest BCUT2D eigenvalue weighted by Crippen LogP contribution is 2.23. The summed E-state index contributed by atoms with van der Waals surface area (Å²) in [6, 6.07) is 6.72. The van der Waals surface area contributed by atoms with E-state index in [4.69, 9.17) is 4.74 Å². The number of nitrogens with one attached hydrogen (secondary N) is 1. The number of ether oxygens (including phenoxy) is 1. The SMILES string of the molecule is CCC(Oc1ccc(N(C)S(C)(=O)=O)cc1)C(=O)NCC1CCCCC1. The zero-order chi connectivity index (χ0) is 19.2. The highest BCUT2D eigenvalue weighted by molar-refractivity contribution is 7.92. The van der Waals surface area contributed by atoms with Crippen molar-refractivity contribution in [2.24, 2.45) is 5.92 Å². The van der Waals surface area contributed by atoms with Gasteiger partial charge in [0, 0.05) is 13.6 Å². The van der Waals surface area contributed by atoms with Crippen molar-refractivity contribution in [3.63, 3.8) is 0 Å². The molecule has 0 spiro atoms. The van der Waals surface area contributed by atoms with E-state index in [2.05, 4.69) is 5.32 Å². The van der Waals surface area contributed by atoms with Gasteiger partial charge in [-0.25, -0.2) is 8.42 Å². The average molecular weight is 383 g/mol. The molecule has 2 rings (SSSR count). The van der Waals surface area contributed by atoms with Crippen molar-refractivity contribution in [3.8, 4) is 5.75 Å². The molecule has 1 saturated carbocycles. The van der Waals surface area contributed by atoms with Crippen LogP contribution in [0.15, 0.2) is 24.3 Å². The van der Waals surface area contributed by atoms with Crippen LogP contribution in [-0.2, 0) is 14.8 Å². The van der Waals surface area contributed by atoms with Crippen molar-refractivity contribution < 1.29 is 17.9 Å². The molecule has 1 amide bonds. The van der Waals surface area contributed by atoms with E-state index in [9.17, 15) is 13.2 Å². The fourth-order valence-corrected chi connectivity index (χ4v) is 3.67. The summed E-state index contributed by atoms with van der Waals surface area (Å²) in [6.07, 6.45) is 7.36. The number of rotatable bonds is 8. The summed E-state index contributed by atoms with van der Waals surface area (Å²) < 4.78 is 30.2. The van der Waals surface area contributed by atoms with Gasteiger partial charge in [-0.05, 0) is 49.4 Å². The monoisotopic (exact) mass is 382 g/mol. The molecule has 1 fully saturated rings. The van der Waals surface area contributed by atoms with Gasteiger partial charge >= 0.3 is 0 Å². The van der Waals surface area contributed by atoms with E-state index in [-0.39, 0.29) is 5.91 Å². The van der Waals surface area contributed by atoms with Gasteiger partial charge in [-0.2, -0.15) is 0 Å². The molecule has 1 aromatic rings. The summed E-state index contributed by atoms with van der Waals surface area (Å²) in [7, 11) is -1.80. The molecule has 0 aliphatic heterocycles. The molecule has 6 nitrogen and oxygen atoms in total. The third-order valence-corrected chi connectivity index (χ3v) is 6.13. The Kier molecular flexibility index (Phi) is 7.32. The number of sulfonamides is 1. The Labute approximate surface area is 157 Å². The first-order chi connectivity index (χ1) is 12.3. The number of nitrogens with zero attached hydrogens (tertiary/aromatic N) is 1. The van der Waals surface area contributed by atoms with Crippen LogP contribution in [0.2, 0.25) is 0 Å². The van der Waals surface area contributed by atoms with E-state index in [1.807, 2.05) is 6.92 Å². The van der Waals surface area contributed by atoms with Gasteiger partial charge in [-0.1, -0.05) is 26.2 Å². The number of anilines is 1. The Hall–Kier alpha value is -1.76. The smallest absolute Gasteiger partial charge is 0.261 e. The molecule has 1 aliphatic rings. The van der Waals surface area contributed by atoms with E-state index in [0.717, 1.165) is 12.8 Å². The minimum Gasteiger partial charge on any atom is -0.481 e. The second kappa shape index (κ2) is 9.26. The van der Waals surface area contributed by atoms with Crippen molar-refractivity contribution in [2.75, 3.05) is 24.2 Å². The van der Waals surface area contributed by atoms with Gasteiger partial charge in [-0.15, -0.1) is 0 Å². The number of hydrogen-bond acceptors (Lipinski definition) is 4. The Bertz CT molecular complexity index is 682. The molecule has 7 heteroatoms. The Morgan fingerprint density at radius 2 is 1.85 bits per heavy atom. The third-order valence-electron chi connectivity index (χ3n) is 4.93. The van der Waals surface area contributed by atoms with E-state index in [1.165, 1.54) is 43.5 Å². The van der Waals surface area contributed by atoms with Gasteiger partial charge in [-0.3, -0.25) is 9.10 Å².